The summed E-state index contributed by atoms with van der Waals surface area (Å²) in [6.45, 7) is 15.9. The molecule has 0 amide bonds. The first-order chi connectivity index (χ1) is 10.0. The SMILES string of the molecule is C=C[C@](C)(O)CC[C@@]12C[C@@]1(C)CCC1C(C)(C)CCC[C@@]12C. The van der Waals surface area contributed by atoms with Crippen molar-refractivity contribution in [2.75, 3.05) is 0 Å². The van der Waals surface area contributed by atoms with Crippen LogP contribution in [0.15, 0.2) is 12.7 Å². The molecule has 0 aromatic rings. The highest BCUT2D eigenvalue weighted by Crippen LogP contribution is 2.83. The van der Waals surface area contributed by atoms with Gasteiger partial charge in [-0.15, -0.1) is 6.58 Å². The molecule has 0 heterocycles. The van der Waals surface area contributed by atoms with Gasteiger partial charge in [-0.2, -0.15) is 0 Å². The van der Waals surface area contributed by atoms with Crippen LogP contribution >= 0.6 is 0 Å². The van der Waals surface area contributed by atoms with E-state index in [1.165, 1.54) is 44.9 Å². The Morgan fingerprint density at radius 1 is 1.18 bits per heavy atom. The molecule has 5 atom stereocenters. The van der Waals surface area contributed by atoms with E-state index in [2.05, 4.69) is 34.3 Å². The van der Waals surface area contributed by atoms with Gasteiger partial charge < -0.3 is 5.11 Å². The Hall–Kier alpha value is -0.300. The van der Waals surface area contributed by atoms with Crippen molar-refractivity contribution in [3.63, 3.8) is 0 Å². The predicted octanol–water partition coefficient (Wildman–Crippen LogP) is 5.73. The zero-order chi connectivity index (χ0) is 16.4. The van der Waals surface area contributed by atoms with Gasteiger partial charge in [-0.05, 0) is 79.4 Å². The van der Waals surface area contributed by atoms with Crippen molar-refractivity contribution in [3.05, 3.63) is 12.7 Å². The molecule has 0 aliphatic heterocycles. The zero-order valence-electron chi connectivity index (χ0n) is 15.5. The molecule has 0 radical (unpaired) electrons. The monoisotopic (exact) mass is 304 g/mol. The molecule has 1 unspecified atom stereocenters. The lowest BCUT2D eigenvalue weighted by Crippen LogP contribution is -2.52. The summed E-state index contributed by atoms with van der Waals surface area (Å²) in [5.41, 5.74) is 1.26. The van der Waals surface area contributed by atoms with Gasteiger partial charge in [0.2, 0.25) is 0 Å². The summed E-state index contributed by atoms with van der Waals surface area (Å²) >= 11 is 0. The molecule has 3 fully saturated rings. The maximum atomic E-state index is 10.4. The van der Waals surface area contributed by atoms with E-state index in [1.54, 1.807) is 6.08 Å². The summed E-state index contributed by atoms with van der Waals surface area (Å²) in [4.78, 5) is 0. The van der Waals surface area contributed by atoms with Gasteiger partial charge in [0, 0.05) is 0 Å². The van der Waals surface area contributed by atoms with E-state index < -0.39 is 5.60 Å². The van der Waals surface area contributed by atoms with Gasteiger partial charge in [-0.1, -0.05) is 40.2 Å². The Morgan fingerprint density at radius 2 is 1.86 bits per heavy atom. The molecule has 0 saturated heterocycles. The maximum absolute atomic E-state index is 10.4. The second-order valence-electron chi connectivity index (χ2n) is 10.2. The predicted molar refractivity (Wildman–Crippen MR) is 93.7 cm³/mol. The van der Waals surface area contributed by atoms with Crippen molar-refractivity contribution >= 4 is 0 Å². The lowest BCUT2D eigenvalue weighted by Gasteiger charge is -2.59. The molecule has 1 nitrogen and oxygen atoms in total. The fraction of sp³-hybridized carbons (Fsp3) is 0.905. The summed E-state index contributed by atoms with van der Waals surface area (Å²) in [7, 11) is 0. The minimum atomic E-state index is -0.703. The number of hydrogen-bond acceptors (Lipinski definition) is 1. The minimum absolute atomic E-state index is 0.466. The van der Waals surface area contributed by atoms with E-state index in [0.717, 1.165) is 12.3 Å². The Balaban J connectivity index is 1.90. The van der Waals surface area contributed by atoms with Crippen LogP contribution in [0.3, 0.4) is 0 Å². The molecule has 0 spiro atoms. The van der Waals surface area contributed by atoms with Crippen LogP contribution in [0.2, 0.25) is 0 Å². The molecule has 126 valence electrons. The molecule has 0 bridgehead atoms. The summed E-state index contributed by atoms with van der Waals surface area (Å²) < 4.78 is 0. The van der Waals surface area contributed by atoms with Crippen molar-refractivity contribution < 1.29 is 5.11 Å². The third-order valence-electron chi connectivity index (χ3n) is 8.53. The van der Waals surface area contributed by atoms with Gasteiger partial charge in [0.1, 0.15) is 0 Å². The first kappa shape index (κ1) is 16.6. The van der Waals surface area contributed by atoms with Crippen LogP contribution in [-0.4, -0.2) is 10.7 Å². The topological polar surface area (TPSA) is 20.2 Å². The largest absolute Gasteiger partial charge is 0.386 e. The van der Waals surface area contributed by atoms with Crippen molar-refractivity contribution in [2.24, 2.45) is 27.6 Å². The average Bonchev–Trinajstić information content (AvgIpc) is 3.04. The van der Waals surface area contributed by atoms with E-state index in [-0.39, 0.29) is 0 Å². The Bertz CT molecular complexity index is 476. The highest BCUT2D eigenvalue weighted by Gasteiger charge is 2.75. The van der Waals surface area contributed by atoms with E-state index in [0.29, 0.717) is 21.7 Å². The van der Waals surface area contributed by atoms with Gasteiger partial charge in [-0.25, -0.2) is 0 Å². The standard InChI is InChI=1S/C21H36O/c1-7-19(5,22)13-14-21-15-18(21,4)12-9-16-17(2,3)10-8-11-20(16,21)6/h7,16,22H,1,8-15H2,2-6H3/t16?,18-,19+,20+,21-/m1/s1. The van der Waals surface area contributed by atoms with Gasteiger partial charge in [0.05, 0.1) is 5.60 Å². The highest BCUT2D eigenvalue weighted by molar-refractivity contribution is 5.24. The molecular weight excluding hydrogens is 268 g/mol. The van der Waals surface area contributed by atoms with Crippen LogP contribution in [0.25, 0.3) is 0 Å². The lowest BCUT2D eigenvalue weighted by atomic mass is 9.45. The maximum Gasteiger partial charge on any atom is 0.0797 e. The number of rotatable bonds is 4. The van der Waals surface area contributed by atoms with Crippen LogP contribution in [-0.2, 0) is 0 Å². The normalized spacial score (nSPS) is 48.7. The molecule has 1 N–H and O–H groups in total. The van der Waals surface area contributed by atoms with Crippen molar-refractivity contribution in [2.45, 2.75) is 91.6 Å². The smallest absolute Gasteiger partial charge is 0.0797 e. The van der Waals surface area contributed by atoms with Gasteiger partial charge in [0.15, 0.2) is 0 Å². The molecule has 3 aliphatic carbocycles. The molecule has 0 aromatic heterocycles. The molecule has 3 rings (SSSR count). The second-order valence-corrected chi connectivity index (χ2v) is 10.2. The van der Waals surface area contributed by atoms with Crippen LogP contribution < -0.4 is 0 Å². The second kappa shape index (κ2) is 4.62. The Labute approximate surface area is 137 Å². The van der Waals surface area contributed by atoms with E-state index in [9.17, 15) is 5.11 Å². The Kier molecular flexibility index (Phi) is 3.48. The summed E-state index contributed by atoms with van der Waals surface area (Å²) in [6.07, 6.45) is 12.1. The summed E-state index contributed by atoms with van der Waals surface area (Å²) in [5.74, 6) is 0.859. The molecule has 0 aromatic carbocycles. The van der Waals surface area contributed by atoms with Crippen LogP contribution in [0.5, 0.6) is 0 Å². The van der Waals surface area contributed by atoms with Gasteiger partial charge >= 0.3 is 0 Å². The molecule has 22 heavy (non-hydrogen) atoms. The average molecular weight is 305 g/mol. The highest BCUT2D eigenvalue weighted by atomic mass is 16.3. The minimum Gasteiger partial charge on any atom is -0.386 e. The van der Waals surface area contributed by atoms with Gasteiger partial charge in [-0.3, -0.25) is 0 Å². The van der Waals surface area contributed by atoms with E-state index >= 15 is 0 Å². The quantitative estimate of drug-likeness (QED) is 0.658. The van der Waals surface area contributed by atoms with E-state index in [1.807, 2.05) is 6.92 Å². The zero-order valence-corrected chi connectivity index (χ0v) is 15.5. The summed E-state index contributed by atoms with van der Waals surface area (Å²) in [6, 6.07) is 0. The molecule has 3 saturated carbocycles. The molecule has 3 aliphatic rings. The fourth-order valence-corrected chi connectivity index (χ4v) is 6.95. The first-order valence-corrected chi connectivity index (χ1v) is 9.38. The van der Waals surface area contributed by atoms with Crippen molar-refractivity contribution in [3.8, 4) is 0 Å². The van der Waals surface area contributed by atoms with Crippen LogP contribution in [0, 0.1) is 27.6 Å². The fourth-order valence-electron chi connectivity index (χ4n) is 6.95. The number of aliphatic hydroxyl groups is 1. The summed E-state index contributed by atoms with van der Waals surface area (Å²) in [5, 5.41) is 10.4. The number of hydrogen-bond donors (Lipinski definition) is 1. The van der Waals surface area contributed by atoms with Crippen LogP contribution in [0.1, 0.15) is 86.0 Å². The lowest BCUT2D eigenvalue weighted by molar-refractivity contribution is -0.105. The molecule has 1 heteroatoms. The third kappa shape index (κ3) is 2.07. The van der Waals surface area contributed by atoms with E-state index in [4.69, 9.17) is 0 Å². The third-order valence-corrected chi connectivity index (χ3v) is 8.53. The number of fused-ring (bicyclic) bond motifs is 3. The van der Waals surface area contributed by atoms with Crippen LogP contribution in [0.4, 0.5) is 0 Å². The van der Waals surface area contributed by atoms with Gasteiger partial charge in [0.25, 0.3) is 0 Å². The first-order valence-electron chi connectivity index (χ1n) is 9.38. The van der Waals surface area contributed by atoms with Crippen molar-refractivity contribution in [1.29, 1.82) is 0 Å². The Morgan fingerprint density at radius 3 is 2.50 bits per heavy atom. The molecular formula is C21H36O. The van der Waals surface area contributed by atoms with Crippen molar-refractivity contribution in [1.82, 2.24) is 0 Å².